The van der Waals surface area contributed by atoms with Crippen LogP contribution in [0.15, 0.2) is 23.1 Å². The summed E-state index contributed by atoms with van der Waals surface area (Å²) >= 11 is 5.92. The second kappa shape index (κ2) is 7.04. The standard InChI is InChI=1S/C13H17ClN2O3S/c1-10(2)19-7-6-16(3)20(17,18)13-8-11(9-15)4-5-12(13)14/h4-5,8,10H,6-7H2,1-3H3. The lowest BCUT2D eigenvalue weighted by Crippen LogP contribution is -2.31. The molecule has 0 radical (unpaired) electrons. The molecule has 0 amide bonds. The molecule has 0 fully saturated rings. The van der Waals surface area contributed by atoms with Gasteiger partial charge in [-0.1, -0.05) is 11.6 Å². The number of nitriles is 1. The van der Waals surface area contributed by atoms with Gasteiger partial charge in [-0.2, -0.15) is 9.57 Å². The minimum atomic E-state index is -3.73. The maximum Gasteiger partial charge on any atom is 0.244 e. The fraction of sp³-hybridized carbons (Fsp3) is 0.462. The van der Waals surface area contributed by atoms with E-state index in [0.717, 1.165) is 4.31 Å². The third-order valence-corrected chi connectivity index (χ3v) is 4.94. The zero-order valence-corrected chi connectivity index (χ0v) is 13.2. The minimum Gasteiger partial charge on any atom is -0.377 e. The van der Waals surface area contributed by atoms with E-state index in [4.69, 9.17) is 21.6 Å². The molecular weight excluding hydrogens is 300 g/mol. The van der Waals surface area contributed by atoms with Gasteiger partial charge in [-0.15, -0.1) is 0 Å². The number of nitrogens with zero attached hydrogens (tertiary/aromatic N) is 2. The molecule has 5 nitrogen and oxygen atoms in total. The molecular formula is C13H17ClN2O3S. The van der Waals surface area contributed by atoms with Gasteiger partial charge in [-0.25, -0.2) is 8.42 Å². The minimum absolute atomic E-state index is 0.0385. The monoisotopic (exact) mass is 316 g/mol. The van der Waals surface area contributed by atoms with Gasteiger partial charge in [-0.3, -0.25) is 0 Å². The van der Waals surface area contributed by atoms with Gasteiger partial charge in [0.05, 0.1) is 29.4 Å². The number of ether oxygens (including phenoxy) is 1. The van der Waals surface area contributed by atoms with Crippen molar-refractivity contribution in [1.82, 2.24) is 4.31 Å². The summed E-state index contributed by atoms with van der Waals surface area (Å²) in [5.41, 5.74) is 0.250. The molecule has 1 aromatic rings. The average Bonchev–Trinajstić information content (AvgIpc) is 2.38. The molecule has 110 valence electrons. The summed E-state index contributed by atoms with van der Waals surface area (Å²) < 4.78 is 31.2. The molecule has 0 aliphatic rings. The second-order valence-electron chi connectivity index (χ2n) is 4.50. The Balaban J connectivity index is 2.96. The van der Waals surface area contributed by atoms with Gasteiger partial charge in [0.2, 0.25) is 10.0 Å². The maximum absolute atomic E-state index is 12.4. The van der Waals surface area contributed by atoms with Crippen LogP contribution in [0.1, 0.15) is 19.4 Å². The van der Waals surface area contributed by atoms with Gasteiger partial charge in [0.25, 0.3) is 0 Å². The summed E-state index contributed by atoms with van der Waals surface area (Å²) in [6, 6.07) is 6.06. The van der Waals surface area contributed by atoms with E-state index in [1.807, 2.05) is 19.9 Å². The van der Waals surface area contributed by atoms with Crippen molar-refractivity contribution in [2.75, 3.05) is 20.2 Å². The summed E-state index contributed by atoms with van der Waals surface area (Å²) in [4.78, 5) is -0.0646. The van der Waals surface area contributed by atoms with Gasteiger partial charge in [0.15, 0.2) is 0 Å². The van der Waals surface area contributed by atoms with Gasteiger partial charge in [0, 0.05) is 13.6 Å². The Hall–Kier alpha value is -1.13. The molecule has 0 heterocycles. The smallest absolute Gasteiger partial charge is 0.244 e. The Labute approximate surface area is 124 Å². The molecule has 0 aliphatic carbocycles. The predicted molar refractivity (Wildman–Crippen MR) is 77.1 cm³/mol. The van der Waals surface area contributed by atoms with E-state index in [0.29, 0.717) is 6.61 Å². The molecule has 0 bridgehead atoms. The Morgan fingerprint density at radius 3 is 2.65 bits per heavy atom. The molecule has 0 atom stereocenters. The van der Waals surface area contributed by atoms with Crippen molar-refractivity contribution in [3.8, 4) is 6.07 Å². The van der Waals surface area contributed by atoms with E-state index in [1.165, 1.54) is 25.2 Å². The van der Waals surface area contributed by atoms with Crippen LogP contribution in [0.2, 0.25) is 5.02 Å². The summed E-state index contributed by atoms with van der Waals surface area (Å²) in [5, 5.41) is 8.94. The highest BCUT2D eigenvalue weighted by Gasteiger charge is 2.23. The fourth-order valence-electron chi connectivity index (χ4n) is 1.48. The number of likely N-dealkylation sites (N-methyl/N-ethyl adjacent to an activating group) is 1. The van der Waals surface area contributed by atoms with Crippen LogP contribution in [-0.2, 0) is 14.8 Å². The van der Waals surface area contributed by atoms with Crippen LogP contribution >= 0.6 is 11.6 Å². The number of sulfonamides is 1. The first-order valence-corrected chi connectivity index (χ1v) is 7.88. The van der Waals surface area contributed by atoms with Gasteiger partial charge >= 0.3 is 0 Å². The molecule has 0 aromatic heterocycles. The molecule has 1 aromatic carbocycles. The van der Waals surface area contributed by atoms with Crippen molar-refractivity contribution in [3.63, 3.8) is 0 Å². The van der Waals surface area contributed by atoms with E-state index in [9.17, 15) is 8.42 Å². The normalized spacial score (nSPS) is 11.8. The first kappa shape index (κ1) is 16.9. The van der Waals surface area contributed by atoms with Crippen LogP contribution in [0.5, 0.6) is 0 Å². The molecule has 0 aliphatic heterocycles. The third-order valence-electron chi connectivity index (χ3n) is 2.61. The molecule has 0 saturated carbocycles. The molecule has 0 unspecified atom stereocenters. The highest BCUT2D eigenvalue weighted by Crippen LogP contribution is 2.25. The van der Waals surface area contributed by atoms with Gasteiger partial charge < -0.3 is 4.74 Å². The first-order chi connectivity index (χ1) is 9.28. The SMILES string of the molecule is CC(C)OCCN(C)S(=O)(=O)c1cc(C#N)ccc1Cl. The summed E-state index contributed by atoms with van der Waals surface area (Å²) in [6.45, 7) is 4.26. The Bertz CT molecular complexity index is 609. The van der Waals surface area contributed by atoms with E-state index in [-0.39, 0.29) is 28.1 Å². The molecule has 0 saturated heterocycles. The van der Waals surface area contributed by atoms with Crippen LogP contribution in [0.25, 0.3) is 0 Å². The number of hydrogen-bond acceptors (Lipinski definition) is 4. The lowest BCUT2D eigenvalue weighted by Gasteiger charge is -2.18. The lowest BCUT2D eigenvalue weighted by atomic mass is 10.2. The van der Waals surface area contributed by atoms with Gasteiger partial charge in [-0.05, 0) is 32.0 Å². The highest BCUT2D eigenvalue weighted by molar-refractivity contribution is 7.89. The quantitative estimate of drug-likeness (QED) is 0.807. The summed E-state index contributed by atoms with van der Waals surface area (Å²) in [7, 11) is -2.28. The first-order valence-electron chi connectivity index (χ1n) is 6.06. The second-order valence-corrected chi connectivity index (χ2v) is 6.92. The Morgan fingerprint density at radius 1 is 1.45 bits per heavy atom. The highest BCUT2D eigenvalue weighted by atomic mass is 35.5. The maximum atomic E-state index is 12.4. The van der Waals surface area contributed by atoms with Crippen molar-refractivity contribution in [2.24, 2.45) is 0 Å². The van der Waals surface area contributed by atoms with Crippen LogP contribution < -0.4 is 0 Å². The molecule has 7 heteroatoms. The molecule has 20 heavy (non-hydrogen) atoms. The van der Waals surface area contributed by atoms with E-state index < -0.39 is 10.0 Å². The number of hydrogen-bond donors (Lipinski definition) is 0. The summed E-state index contributed by atoms with van der Waals surface area (Å²) in [6.07, 6.45) is 0.0385. The van der Waals surface area contributed by atoms with Crippen LogP contribution in [0.4, 0.5) is 0 Å². The Kier molecular flexibility index (Phi) is 5.96. The topological polar surface area (TPSA) is 70.4 Å². The number of benzene rings is 1. The van der Waals surface area contributed by atoms with Crippen molar-refractivity contribution in [1.29, 1.82) is 5.26 Å². The fourth-order valence-corrected chi connectivity index (χ4v) is 3.13. The average molecular weight is 317 g/mol. The predicted octanol–water partition coefficient (Wildman–Crippen LogP) is 2.26. The van der Waals surface area contributed by atoms with Crippen molar-refractivity contribution in [3.05, 3.63) is 28.8 Å². The number of halogens is 1. The third kappa shape index (κ3) is 4.18. The Morgan fingerprint density at radius 2 is 2.10 bits per heavy atom. The van der Waals surface area contributed by atoms with E-state index >= 15 is 0 Å². The van der Waals surface area contributed by atoms with Crippen molar-refractivity contribution >= 4 is 21.6 Å². The molecule has 1 rings (SSSR count). The lowest BCUT2D eigenvalue weighted by molar-refractivity contribution is 0.0737. The van der Waals surface area contributed by atoms with Crippen LogP contribution in [0.3, 0.4) is 0 Å². The zero-order chi connectivity index (χ0) is 15.3. The summed E-state index contributed by atoms with van der Waals surface area (Å²) in [5.74, 6) is 0. The van der Waals surface area contributed by atoms with Crippen LogP contribution in [0, 0.1) is 11.3 Å². The zero-order valence-electron chi connectivity index (χ0n) is 11.6. The molecule has 0 N–H and O–H groups in total. The molecule has 0 spiro atoms. The largest absolute Gasteiger partial charge is 0.377 e. The van der Waals surface area contributed by atoms with Crippen molar-refractivity contribution < 1.29 is 13.2 Å². The van der Waals surface area contributed by atoms with Gasteiger partial charge in [0.1, 0.15) is 4.90 Å². The van der Waals surface area contributed by atoms with Crippen molar-refractivity contribution in [2.45, 2.75) is 24.8 Å². The van der Waals surface area contributed by atoms with E-state index in [1.54, 1.807) is 0 Å². The van der Waals surface area contributed by atoms with Crippen LogP contribution in [-0.4, -0.2) is 39.0 Å². The van der Waals surface area contributed by atoms with E-state index in [2.05, 4.69) is 0 Å². The number of rotatable bonds is 6.